The minimum atomic E-state index is -4.75. The summed E-state index contributed by atoms with van der Waals surface area (Å²) in [5.74, 6) is -1.13. The smallest absolute Gasteiger partial charge is 0.417 e. The molecular weight excluding hydrogens is 442 g/mol. The molecule has 5 nitrogen and oxygen atoms in total. The fourth-order valence-corrected chi connectivity index (χ4v) is 3.48. The van der Waals surface area contributed by atoms with Gasteiger partial charge in [-0.1, -0.05) is 13.0 Å². The molecule has 0 amide bonds. The molecule has 0 saturated heterocycles. The predicted molar refractivity (Wildman–Crippen MR) is 113 cm³/mol. The zero-order chi connectivity index (χ0) is 24.2. The van der Waals surface area contributed by atoms with Gasteiger partial charge in [-0.25, -0.2) is 9.37 Å². The second-order valence-corrected chi connectivity index (χ2v) is 7.49. The van der Waals surface area contributed by atoms with Crippen molar-refractivity contribution in [3.63, 3.8) is 0 Å². The highest BCUT2D eigenvalue weighted by Crippen LogP contribution is 2.37. The van der Waals surface area contributed by atoms with E-state index in [0.29, 0.717) is 36.1 Å². The van der Waals surface area contributed by atoms with Crippen LogP contribution in [0.25, 0.3) is 11.5 Å². The molecule has 0 fully saturated rings. The van der Waals surface area contributed by atoms with E-state index >= 15 is 0 Å². The zero-order valence-corrected chi connectivity index (χ0v) is 18.1. The van der Waals surface area contributed by atoms with Gasteiger partial charge in [-0.2, -0.15) is 13.2 Å². The molecule has 1 aromatic heterocycles. The molecule has 2 aromatic carbocycles. The molecular formula is C24H23F4NO4. The zero-order valence-electron chi connectivity index (χ0n) is 18.1. The molecule has 0 spiro atoms. The molecule has 3 rings (SSSR count). The second kappa shape index (κ2) is 10.1. The van der Waals surface area contributed by atoms with E-state index in [1.807, 2.05) is 19.1 Å². The number of alkyl halides is 3. The van der Waals surface area contributed by atoms with Crippen LogP contribution in [0.4, 0.5) is 17.6 Å². The number of ether oxygens (including phenoxy) is 1. The Morgan fingerprint density at radius 1 is 1.12 bits per heavy atom. The van der Waals surface area contributed by atoms with E-state index < -0.39 is 23.5 Å². The van der Waals surface area contributed by atoms with Crippen molar-refractivity contribution < 1.29 is 36.6 Å². The number of rotatable bonds is 9. The molecule has 0 bridgehead atoms. The highest BCUT2D eigenvalue weighted by Gasteiger charge is 2.35. The normalized spacial score (nSPS) is 11.6. The number of halogens is 4. The molecule has 3 aromatic rings. The molecule has 0 aliphatic rings. The van der Waals surface area contributed by atoms with Gasteiger partial charge in [0, 0.05) is 18.4 Å². The quantitative estimate of drug-likeness (QED) is 0.392. The van der Waals surface area contributed by atoms with E-state index in [-0.39, 0.29) is 24.5 Å². The largest absolute Gasteiger partial charge is 0.493 e. The van der Waals surface area contributed by atoms with Crippen molar-refractivity contribution in [1.29, 1.82) is 0 Å². The van der Waals surface area contributed by atoms with Gasteiger partial charge in [-0.15, -0.1) is 0 Å². The highest BCUT2D eigenvalue weighted by molar-refractivity contribution is 5.67. The van der Waals surface area contributed by atoms with E-state index in [1.54, 1.807) is 13.0 Å². The monoisotopic (exact) mass is 465 g/mol. The summed E-state index contributed by atoms with van der Waals surface area (Å²) in [7, 11) is 0. The molecule has 1 N–H and O–H groups in total. The van der Waals surface area contributed by atoms with Gasteiger partial charge in [0.05, 0.1) is 17.9 Å². The lowest BCUT2D eigenvalue weighted by molar-refractivity contribution is -0.138. The van der Waals surface area contributed by atoms with Crippen molar-refractivity contribution in [2.45, 2.75) is 45.7 Å². The lowest BCUT2D eigenvalue weighted by atomic mass is 10.0. The van der Waals surface area contributed by atoms with Crippen molar-refractivity contribution in [3.05, 3.63) is 70.4 Å². The van der Waals surface area contributed by atoms with Crippen LogP contribution < -0.4 is 4.74 Å². The maximum atomic E-state index is 13.4. The van der Waals surface area contributed by atoms with Crippen LogP contribution in [-0.4, -0.2) is 22.7 Å². The van der Waals surface area contributed by atoms with Gasteiger partial charge in [0.2, 0.25) is 5.89 Å². The first-order chi connectivity index (χ1) is 15.6. The van der Waals surface area contributed by atoms with Crippen molar-refractivity contribution in [3.8, 4) is 17.2 Å². The average Bonchev–Trinajstić information content (AvgIpc) is 3.12. The molecule has 176 valence electrons. The van der Waals surface area contributed by atoms with Gasteiger partial charge in [-0.05, 0) is 61.2 Å². The summed E-state index contributed by atoms with van der Waals surface area (Å²) in [4.78, 5) is 15.0. The van der Waals surface area contributed by atoms with Gasteiger partial charge in [-0.3, -0.25) is 4.79 Å². The first-order valence-corrected chi connectivity index (χ1v) is 10.4. The van der Waals surface area contributed by atoms with Crippen molar-refractivity contribution in [1.82, 2.24) is 4.98 Å². The Morgan fingerprint density at radius 3 is 2.55 bits per heavy atom. The number of carboxylic acid groups (broad SMARTS) is 1. The Morgan fingerprint density at radius 2 is 1.88 bits per heavy atom. The Balaban J connectivity index is 1.70. The number of aliphatic carboxylic acids is 1. The maximum absolute atomic E-state index is 13.4. The first-order valence-electron chi connectivity index (χ1n) is 10.4. The molecule has 33 heavy (non-hydrogen) atoms. The van der Waals surface area contributed by atoms with E-state index in [4.69, 9.17) is 14.3 Å². The molecule has 0 aliphatic carbocycles. The van der Waals surface area contributed by atoms with Gasteiger partial charge in [0.25, 0.3) is 0 Å². The van der Waals surface area contributed by atoms with Crippen molar-refractivity contribution >= 4 is 5.97 Å². The fraction of sp³-hybridized carbons (Fsp3) is 0.333. The fourth-order valence-electron chi connectivity index (χ4n) is 3.48. The second-order valence-electron chi connectivity index (χ2n) is 7.49. The number of aryl methyl sites for hydroxylation is 3. The topological polar surface area (TPSA) is 72.6 Å². The minimum Gasteiger partial charge on any atom is -0.493 e. The van der Waals surface area contributed by atoms with Crippen LogP contribution in [0.2, 0.25) is 0 Å². The van der Waals surface area contributed by atoms with Crippen LogP contribution in [0.5, 0.6) is 5.75 Å². The Hall–Kier alpha value is -3.36. The molecule has 0 atom stereocenters. The lowest BCUT2D eigenvalue weighted by Crippen LogP contribution is -2.08. The maximum Gasteiger partial charge on any atom is 0.417 e. The van der Waals surface area contributed by atoms with E-state index in [2.05, 4.69) is 4.98 Å². The van der Waals surface area contributed by atoms with Gasteiger partial charge < -0.3 is 14.3 Å². The lowest BCUT2D eigenvalue weighted by Gasteiger charge is -2.11. The summed E-state index contributed by atoms with van der Waals surface area (Å²) in [5.41, 5.74) is 0.898. The third-order valence-corrected chi connectivity index (χ3v) is 5.18. The van der Waals surface area contributed by atoms with Gasteiger partial charge in [0.15, 0.2) is 0 Å². The molecule has 0 aliphatic heterocycles. The van der Waals surface area contributed by atoms with E-state index in [1.165, 1.54) is 0 Å². The minimum absolute atomic E-state index is 0.0467. The number of carboxylic acids is 1. The Labute approximate surface area is 188 Å². The van der Waals surface area contributed by atoms with Gasteiger partial charge in [0.1, 0.15) is 17.3 Å². The summed E-state index contributed by atoms with van der Waals surface area (Å²) in [6.45, 7) is 3.77. The number of oxazole rings is 1. The van der Waals surface area contributed by atoms with Crippen LogP contribution in [0.3, 0.4) is 0 Å². The summed E-state index contributed by atoms with van der Waals surface area (Å²) < 4.78 is 64.5. The number of benzene rings is 2. The average molecular weight is 465 g/mol. The van der Waals surface area contributed by atoms with Crippen LogP contribution in [0.1, 0.15) is 41.5 Å². The Kier molecular flexibility index (Phi) is 7.40. The van der Waals surface area contributed by atoms with Gasteiger partial charge >= 0.3 is 12.1 Å². The number of hydrogen-bond donors (Lipinski definition) is 1. The first kappa shape index (κ1) is 24.3. The number of aromatic nitrogens is 1. The molecule has 0 saturated carbocycles. The van der Waals surface area contributed by atoms with E-state index in [9.17, 15) is 22.4 Å². The molecule has 1 heterocycles. The number of nitrogens with zero attached hydrogens (tertiary/aromatic N) is 1. The molecule has 0 unspecified atom stereocenters. The molecule has 9 heteroatoms. The van der Waals surface area contributed by atoms with Crippen LogP contribution in [-0.2, 0) is 30.2 Å². The SMILES string of the molecule is CCc1cc(OCCc2nc(-c3ccc(F)cc3C(F)(F)F)oc2C)ccc1CCC(=O)O. The predicted octanol–water partition coefficient (Wildman–Crippen LogP) is 6.01. The third-order valence-electron chi connectivity index (χ3n) is 5.18. The standard InChI is InChI=1S/C24H23F4NO4/c1-3-15-12-18(7-4-16(15)5-9-22(30)31)32-11-10-21-14(2)33-23(29-21)19-8-6-17(25)13-20(19)24(26,27)28/h4,6-8,12-13H,3,5,9-11H2,1-2H3,(H,30,31). The Bertz CT molecular complexity index is 1140. The number of carbonyl (C=O) groups is 1. The van der Waals surface area contributed by atoms with Crippen LogP contribution in [0, 0.1) is 12.7 Å². The number of hydrogen-bond acceptors (Lipinski definition) is 4. The summed E-state index contributed by atoms with van der Waals surface area (Å²) in [6, 6.07) is 7.80. The van der Waals surface area contributed by atoms with Crippen LogP contribution >= 0.6 is 0 Å². The summed E-state index contributed by atoms with van der Waals surface area (Å²) in [6.07, 6.45) is -3.26. The van der Waals surface area contributed by atoms with Crippen molar-refractivity contribution in [2.75, 3.05) is 6.61 Å². The van der Waals surface area contributed by atoms with Crippen molar-refractivity contribution in [2.24, 2.45) is 0 Å². The highest BCUT2D eigenvalue weighted by atomic mass is 19.4. The summed E-state index contributed by atoms with van der Waals surface area (Å²) in [5, 5.41) is 8.87. The molecule has 0 radical (unpaired) electrons. The summed E-state index contributed by atoms with van der Waals surface area (Å²) >= 11 is 0. The third kappa shape index (κ3) is 6.12. The van der Waals surface area contributed by atoms with E-state index in [0.717, 1.165) is 29.7 Å². The van der Waals surface area contributed by atoms with Crippen LogP contribution in [0.15, 0.2) is 40.8 Å².